The summed E-state index contributed by atoms with van der Waals surface area (Å²) in [6.45, 7) is 2.71. The van der Waals surface area contributed by atoms with Gasteiger partial charge in [0.25, 0.3) is 0 Å². The first-order valence-corrected chi connectivity index (χ1v) is 7.44. The van der Waals surface area contributed by atoms with Crippen molar-refractivity contribution in [3.05, 3.63) is 35.4 Å². The van der Waals surface area contributed by atoms with Crippen LogP contribution in [0.3, 0.4) is 0 Å². The number of rotatable bonds is 4. The molecule has 1 saturated carbocycles. The lowest BCUT2D eigenvalue weighted by Gasteiger charge is -2.34. The van der Waals surface area contributed by atoms with Crippen LogP contribution >= 0.6 is 0 Å². The third kappa shape index (κ3) is 2.45. The van der Waals surface area contributed by atoms with Crippen LogP contribution in [-0.2, 0) is 16.0 Å². The van der Waals surface area contributed by atoms with Gasteiger partial charge in [0.05, 0.1) is 18.2 Å². The smallest absolute Gasteiger partial charge is 0.223 e. The number of ether oxygens (including phenoxy) is 1. The highest BCUT2D eigenvalue weighted by atomic mass is 16.5. The maximum atomic E-state index is 12.2. The van der Waals surface area contributed by atoms with E-state index in [9.17, 15) is 4.79 Å². The Morgan fingerprint density at radius 3 is 2.85 bits per heavy atom. The lowest BCUT2D eigenvalue weighted by Crippen LogP contribution is -2.48. The molecule has 0 bridgehead atoms. The largest absolute Gasteiger partial charge is 0.378 e. The highest BCUT2D eigenvalue weighted by molar-refractivity contribution is 5.80. The van der Waals surface area contributed by atoms with E-state index in [1.807, 2.05) is 19.1 Å². The van der Waals surface area contributed by atoms with E-state index in [4.69, 9.17) is 10.5 Å². The highest BCUT2D eigenvalue weighted by Crippen LogP contribution is 2.33. The minimum Gasteiger partial charge on any atom is -0.378 e. The molecule has 3 rings (SSSR count). The molecule has 1 amide bonds. The predicted octanol–water partition coefficient (Wildman–Crippen LogP) is 1.54. The third-order valence-electron chi connectivity index (χ3n) is 4.48. The second-order valence-corrected chi connectivity index (χ2v) is 5.79. The average Bonchev–Trinajstić information content (AvgIpc) is 2.71. The third-order valence-corrected chi connectivity index (χ3v) is 4.48. The molecule has 0 aliphatic heterocycles. The summed E-state index contributed by atoms with van der Waals surface area (Å²) < 4.78 is 5.50. The Labute approximate surface area is 119 Å². The first-order chi connectivity index (χ1) is 9.69. The molecule has 0 unspecified atom stereocenters. The molecule has 20 heavy (non-hydrogen) atoms. The van der Waals surface area contributed by atoms with E-state index >= 15 is 0 Å². The van der Waals surface area contributed by atoms with Crippen molar-refractivity contribution in [3.63, 3.8) is 0 Å². The fourth-order valence-corrected chi connectivity index (χ4v) is 3.22. The summed E-state index contributed by atoms with van der Waals surface area (Å²) >= 11 is 0. The minimum absolute atomic E-state index is 0.0334. The number of amides is 1. The molecule has 4 heteroatoms. The van der Waals surface area contributed by atoms with Crippen LogP contribution in [0.5, 0.6) is 0 Å². The zero-order valence-electron chi connectivity index (χ0n) is 11.8. The summed E-state index contributed by atoms with van der Waals surface area (Å²) in [7, 11) is 0. The summed E-state index contributed by atoms with van der Waals surface area (Å²) in [5.41, 5.74) is 8.66. The summed E-state index contributed by atoms with van der Waals surface area (Å²) in [6, 6.07) is 8.12. The lowest BCUT2D eigenvalue weighted by atomic mass is 9.81. The van der Waals surface area contributed by atoms with Gasteiger partial charge in [-0.1, -0.05) is 24.3 Å². The van der Waals surface area contributed by atoms with Crippen molar-refractivity contribution in [3.8, 4) is 0 Å². The Kier molecular flexibility index (Phi) is 3.76. The van der Waals surface area contributed by atoms with Gasteiger partial charge in [-0.3, -0.25) is 4.79 Å². The molecule has 108 valence electrons. The predicted molar refractivity (Wildman–Crippen MR) is 77.1 cm³/mol. The topological polar surface area (TPSA) is 64.3 Å². The van der Waals surface area contributed by atoms with Crippen LogP contribution in [0.15, 0.2) is 24.3 Å². The van der Waals surface area contributed by atoms with Crippen molar-refractivity contribution in [1.29, 1.82) is 0 Å². The van der Waals surface area contributed by atoms with E-state index in [2.05, 4.69) is 17.4 Å². The Morgan fingerprint density at radius 2 is 2.15 bits per heavy atom. The zero-order chi connectivity index (χ0) is 14.1. The lowest BCUT2D eigenvalue weighted by molar-refractivity contribution is -0.134. The van der Waals surface area contributed by atoms with Crippen LogP contribution in [-0.4, -0.2) is 24.7 Å². The van der Waals surface area contributed by atoms with Gasteiger partial charge in [0.2, 0.25) is 5.91 Å². The van der Waals surface area contributed by atoms with Gasteiger partial charge in [0.1, 0.15) is 0 Å². The Bertz CT molecular complexity index is 497. The maximum Gasteiger partial charge on any atom is 0.223 e. The molecular formula is C16H22N2O2. The van der Waals surface area contributed by atoms with Gasteiger partial charge in [-0.25, -0.2) is 0 Å². The van der Waals surface area contributed by atoms with E-state index in [0.29, 0.717) is 0 Å². The number of carbonyl (C=O) groups excluding carboxylic acids is 1. The summed E-state index contributed by atoms with van der Waals surface area (Å²) in [5, 5.41) is 3.12. The second-order valence-electron chi connectivity index (χ2n) is 5.79. The average molecular weight is 274 g/mol. The van der Waals surface area contributed by atoms with Gasteiger partial charge in [0.15, 0.2) is 0 Å². The monoisotopic (exact) mass is 274 g/mol. The molecule has 4 nitrogen and oxygen atoms in total. The van der Waals surface area contributed by atoms with Gasteiger partial charge in [-0.15, -0.1) is 0 Å². The SMILES string of the molecule is CCOC1CC(C(=O)N[C@@H]2Cc3ccccc3[C@H]2N)C1. The Balaban J connectivity index is 1.54. The van der Waals surface area contributed by atoms with Crippen molar-refractivity contribution in [2.75, 3.05) is 6.61 Å². The van der Waals surface area contributed by atoms with Crippen molar-refractivity contribution in [2.45, 2.75) is 44.4 Å². The molecule has 3 N–H and O–H groups in total. The Hall–Kier alpha value is -1.39. The molecule has 2 aliphatic rings. The number of hydrogen-bond acceptors (Lipinski definition) is 3. The van der Waals surface area contributed by atoms with E-state index in [0.717, 1.165) is 25.9 Å². The molecule has 0 aromatic heterocycles. The van der Waals surface area contributed by atoms with Gasteiger partial charge < -0.3 is 15.8 Å². The number of benzene rings is 1. The number of fused-ring (bicyclic) bond motifs is 1. The molecule has 1 aromatic carbocycles. The summed E-state index contributed by atoms with van der Waals surface area (Å²) in [4.78, 5) is 12.2. The summed E-state index contributed by atoms with van der Waals surface area (Å²) in [6.07, 6.45) is 2.79. The van der Waals surface area contributed by atoms with Gasteiger partial charge in [-0.05, 0) is 37.3 Å². The molecule has 2 atom stereocenters. The Morgan fingerprint density at radius 1 is 1.40 bits per heavy atom. The van der Waals surface area contributed by atoms with Crippen LogP contribution in [0.1, 0.15) is 36.9 Å². The van der Waals surface area contributed by atoms with Crippen molar-refractivity contribution < 1.29 is 9.53 Å². The van der Waals surface area contributed by atoms with Crippen molar-refractivity contribution >= 4 is 5.91 Å². The van der Waals surface area contributed by atoms with Crippen molar-refractivity contribution in [2.24, 2.45) is 11.7 Å². The molecule has 0 radical (unpaired) electrons. The fraction of sp³-hybridized carbons (Fsp3) is 0.562. The molecule has 2 aliphatic carbocycles. The normalized spacial score (nSPS) is 31.5. The number of nitrogens with two attached hydrogens (primary N) is 1. The minimum atomic E-state index is -0.0853. The standard InChI is InChI=1S/C16H22N2O2/c1-2-20-12-7-11(8-12)16(19)18-14-9-10-5-3-4-6-13(10)15(14)17/h3-6,11-12,14-15H,2,7-9,17H2,1H3,(H,18,19)/t11?,12?,14-,15-/m1/s1. The summed E-state index contributed by atoms with van der Waals surface area (Å²) in [5.74, 6) is 0.233. The molecule has 0 heterocycles. The van der Waals surface area contributed by atoms with Crippen LogP contribution in [0, 0.1) is 5.92 Å². The molecular weight excluding hydrogens is 252 g/mol. The van der Waals surface area contributed by atoms with E-state index in [1.165, 1.54) is 11.1 Å². The molecule has 1 fully saturated rings. The number of nitrogens with one attached hydrogen (secondary N) is 1. The van der Waals surface area contributed by atoms with E-state index in [-0.39, 0.29) is 30.0 Å². The van der Waals surface area contributed by atoms with Crippen LogP contribution < -0.4 is 11.1 Å². The van der Waals surface area contributed by atoms with Crippen LogP contribution in [0.2, 0.25) is 0 Å². The first-order valence-electron chi connectivity index (χ1n) is 7.44. The van der Waals surface area contributed by atoms with Gasteiger partial charge >= 0.3 is 0 Å². The second kappa shape index (κ2) is 5.54. The molecule has 0 spiro atoms. The van der Waals surface area contributed by atoms with Gasteiger partial charge in [0, 0.05) is 12.5 Å². The van der Waals surface area contributed by atoms with Crippen LogP contribution in [0.25, 0.3) is 0 Å². The van der Waals surface area contributed by atoms with Crippen molar-refractivity contribution in [1.82, 2.24) is 5.32 Å². The van der Waals surface area contributed by atoms with E-state index < -0.39 is 0 Å². The zero-order valence-corrected chi connectivity index (χ0v) is 11.8. The molecule has 0 saturated heterocycles. The number of carbonyl (C=O) groups is 1. The fourth-order valence-electron chi connectivity index (χ4n) is 3.22. The van der Waals surface area contributed by atoms with Crippen LogP contribution in [0.4, 0.5) is 0 Å². The molecule has 1 aromatic rings. The first kappa shape index (κ1) is 13.6. The van der Waals surface area contributed by atoms with E-state index in [1.54, 1.807) is 0 Å². The maximum absolute atomic E-state index is 12.2. The quantitative estimate of drug-likeness (QED) is 0.875. The number of hydrogen-bond donors (Lipinski definition) is 2. The highest BCUT2D eigenvalue weighted by Gasteiger charge is 2.38. The van der Waals surface area contributed by atoms with Gasteiger partial charge in [-0.2, -0.15) is 0 Å².